The summed E-state index contributed by atoms with van der Waals surface area (Å²) in [4.78, 5) is 4.03. The molecule has 16 heavy (non-hydrogen) atoms. The van der Waals surface area contributed by atoms with Crippen LogP contribution in [0.3, 0.4) is 0 Å². The van der Waals surface area contributed by atoms with E-state index in [2.05, 4.69) is 10.1 Å². The highest BCUT2D eigenvalue weighted by Crippen LogP contribution is 2.22. The van der Waals surface area contributed by atoms with Gasteiger partial charge in [-0.2, -0.15) is 4.98 Å². The predicted molar refractivity (Wildman–Crippen MR) is 54.1 cm³/mol. The minimum atomic E-state index is -0.720. The van der Waals surface area contributed by atoms with Gasteiger partial charge in [0.2, 0.25) is 11.7 Å². The third-order valence-electron chi connectivity index (χ3n) is 2.03. The molecule has 84 valence electrons. The molecule has 1 aromatic carbocycles. The lowest BCUT2D eigenvalue weighted by atomic mass is 10.2. The minimum absolute atomic E-state index is 0.280. The number of rotatable bonds is 3. The van der Waals surface area contributed by atoms with Crippen LogP contribution in [0.25, 0.3) is 11.4 Å². The third-order valence-corrected chi connectivity index (χ3v) is 2.03. The first-order valence-electron chi connectivity index (χ1n) is 4.72. The molecule has 6 heteroatoms. The average molecular weight is 223 g/mol. The molecular weight excluding hydrogens is 213 g/mol. The Morgan fingerprint density at radius 2 is 2.25 bits per heavy atom. The van der Waals surface area contributed by atoms with E-state index in [0.717, 1.165) is 6.07 Å². The van der Waals surface area contributed by atoms with Crippen molar-refractivity contribution in [1.82, 2.24) is 10.1 Å². The van der Waals surface area contributed by atoms with E-state index in [-0.39, 0.29) is 5.82 Å². The smallest absolute Gasteiger partial charge is 0.228 e. The van der Waals surface area contributed by atoms with E-state index in [1.165, 1.54) is 12.1 Å². The molecule has 0 amide bonds. The second kappa shape index (κ2) is 4.28. The average Bonchev–Trinajstić information content (AvgIpc) is 2.71. The molecule has 1 aromatic heterocycles. The Balaban J connectivity index is 2.31. The molecule has 0 atom stereocenters. The molecule has 0 radical (unpaired) electrons. The summed E-state index contributed by atoms with van der Waals surface area (Å²) < 4.78 is 18.0. The van der Waals surface area contributed by atoms with Gasteiger partial charge in [0.15, 0.2) is 11.6 Å². The van der Waals surface area contributed by atoms with Gasteiger partial charge < -0.3 is 15.4 Å². The molecule has 0 aliphatic heterocycles. The molecule has 3 N–H and O–H groups in total. The lowest BCUT2D eigenvalue weighted by molar-refractivity contribution is 0.380. The summed E-state index contributed by atoms with van der Waals surface area (Å²) in [5.41, 5.74) is 5.78. The molecule has 0 spiro atoms. The van der Waals surface area contributed by atoms with E-state index in [0.29, 0.717) is 24.4 Å². The van der Waals surface area contributed by atoms with Gasteiger partial charge in [-0.3, -0.25) is 0 Å². The van der Waals surface area contributed by atoms with Gasteiger partial charge in [-0.25, -0.2) is 4.39 Å². The second-order valence-electron chi connectivity index (χ2n) is 3.22. The molecule has 2 aromatic rings. The van der Waals surface area contributed by atoms with Crippen LogP contribution in [-0.4, -0.2) is 21.8 Å². The van der Waals surface area contributed by atoms with Crippen molar-refractivity contribution in [2.45, 2.75) is 6.42 Å². The standard InChI is InChI=1S/C10H10FN3O2/c11-7-5-6(1-2-8(7)15)10-13-9(3-4-12)16-14-10/h1-2,5,15H,3-4,12H2. The zero-order valence-electron chi connectivity index (χ0n) is 8.35. The molecule has 2 rings (SSSR count). The fraction of sp³-hybridized carbons (Fsp3) is 0.200. The Bertz CT molecular complexity index is 499. The molecule has 0 bridgehead atoms. The first kappa shape index (κ1) is 10.6. The molecule has 0 aliphatic rings. The van der Waals surface area contributed by atoms with Crippen molar-refractivity contribution in [1.29, 1.82) is 0 Å². The van der Waals surface area contributed by atoms with Crippen LogP contribution in [0.1, 0.15) is 5.89 Å². The van der Waals surface area contributed by atoms with Crippen molar-refractivity contribution in [2.24, 2.45) is 5.73 Å². The van der Waals surface area contributed by atoms with Gasteiger partial charge in [0.05, 0.1) is 0 Å². The topological polar surface area (TPSA) is 85.2 Å². The van der Waals surface area contributed by atoms with Gasteiger partial charge in [-0.1, -0.05) is 5.16 Å². The lowest BCUT2D eigenvalue weighted by Gasteiger charge is -1.96. The van der Waals surface area contributed by atoms with Crippen LogP contribution in [-0.2, 0) is 6.42 Å². The number of aromatic nitrogens is 2. The van der Waals surface area contributed by atoms with E-state index in [9.17, 15) is 4.39 Å². The van der Waals surface area contributed by atoms with Gasteiger partial charge in [0.1, 0.15) is 0 Å². The van der Waals surface area contributed by atoms with E-state index >= 15 is 0 Å². The maximum atomic E-state index is 13.1. The van der Waals surface area contributed by atoms with E-state index < -0.39 is 11.6 Å². The van der Waals surface area contributed by atoms with Gasteiger partial charge >= 0.3 is 0 Å². The molecule has 0 saturated heterocycles. The predicted octanol–water partition coefficient (Wildman–Crippen LogP) is 1.08. The maximum Gasteiger partial charge on any atom is 0.228 e. The molecular formula is C10H10FN3O2. The third kappa shape index (κ3) is 2.01. The molecule has 0 aliphatic carbocycles. The summed E-state index contributed by atoms with van der Waals surface area (Å²) in [5.74, 6) is -0.439. The Morgan fingerprint density at radius 1 is 1.44 bits per heavy atom. The highest BCUT2D eigenvalue weighted by atomic mass is 19.1. The summed E-state index contributed by atoms with van der Waals surface area (Å²) in [6.45, 7) is 0.408. The fourth-order valence-corrected chi connectivity index (χ4v) is 1.24. The van der Waals surface area contributed by atoms with Crippen molar-refractivity contribution in [3.05, 3.63) is 29.9 Å². The summed E-state index contributed by atoms with van der Waals surface area (Å²) in [5, 5.41) is 12.7. The van der Waals surface area contributed by atoms with Crippen LogP contribution in [0.15, 0.2) is 22.7 Å². The summed E-state index contributed by atoms with van der Waals surface area (Å²) >= 11 is 0. The normalized spacial score (nSPS) is 10.6. The summed E-state index contributed by atoms with van der Waals surface area (Å²) in [6.07, 6.45) is 0.480. The largest absolute Gasteiger partial charge is 0.505 e. The first-order valence-corrected chi connectivity index (χ1v) is 4.72. The van der Waals surface area contributed by atoms with Crippen LogP contribution in [0.4, 0.5) is 4.39 Å². The van der Waals surface area contributed by atoms with Gasteiger partial charge in [-0.15, -0.1) is 0 Å². The van der Waals surface area contributed by atoms with Crippen LogP contribution in [0.5, 0.6) is 5.75 Å². The summed E-state index contributed by atoms with van der Waals surface area (Å²) in [7, 11) is 0. The maximum absolute atomic E-state index is 13.1. The number of phenols is 1. The van der Waals surface area contributed by atoms with E-state index in [1.807, 2.05) is 0 Å². The number of aromatic hydroxyl groups is 1. The zero-order chi connectivity index (χ0) is 11.5. The Morgan fingerprint density at radius 3 is 2.94 bits per heavy atom. The molecule has 1 heterocycles. The van der Waals surface area contributed by atoms with Crippen molar-refractivity contribution in [2.75, 3.05) is 6.54 Å². The quantitative estimate of drug-likeness (QED) is 0.813. The zero-order valence-corrected chi connectivity index (χ0v) is 8.35. The molecule has 0 fully saturated rings. The van der Waals surface area contributed by atoms with E-state index in [1.54, 1.807) is 0 Å². The van der Waals surface area contributed by atoms with Crippen molar-refractivity contribution in [3.63, 3.8) is 0 Å². The number of benzene rings is 1. The van der Waals surface area contributed by atoms with Gasteiger partial charge in [0, 0.05) is 18.5 Å². The Kier molecular flexibility index (Phi) is 2.82. The van der Waals surface area contributed by atoms with Gasteiger partial charge in [0.25, 0.3) is 0 Å². The van der Waals surface area contributed by atoms with Crippen LogP contribution in [0, 0.1) is 5.82 Å². The minimum Gasteiger partial charge on any atom is -0.505 e. The van der Waals surface area contributed by atoms with Gasteiger partial charge in [-0.05, 0) is 18.2 Å². The number of hydrogen-bond acceptors (Lipinski definition) is 5. The second-order valence-corrected chi connectivity index (χ2v) is 3.22. The van der Waals surface area contributed by atoms with Crippen LogP contribution < -0.4 is 5.73 Å². The highest BCUT2D eigenvalue weighted by molar-refractivity contribution is 5.55. The number of nitrogens with zero attached hydrogens (tertiary/aromatic N) is 2. The molecule has 5 nitrogen and oxygen atoms in total. The van der Waals surface area contributed by atoms with Crippen molar-refractivity contribution >= 4 is 0 Å². The molecule has 0 saturated carbocycles. The van der Waals surface area contributed by atoms with E-state index in [4.69, 9.17) is 15.4 Å². The SMILES string of the molecule is NCCc1nc(-c2ccc(O)c(F)c2)no1. The first-order chi connectivity index (χ1) is 7.70. The Hall–Kier alpha value is -1.95. The van der Waals surface area contributed by atoms with Crippen molar-refractivity contribution in [3.8, 4) is 17.1 Å². The monoisotopic (exact) mass is 223 g/mol. The number of nitrogens with two attached hydrogens (primary N) is 1. The number of phenolic OH excluding ortho intramolecular Hbond substituents is 1. The number of hydrogen-bond donors (Lipinski definition) is 2. The molecule has 0 unspecified atom stereocenters. The number of halogens is 1. The van der Waals surface area contributed by atoms with Crippen molar-refractivity contribution < 1.29 is 14.0 Å². The highest BCUT2D eigenvalue weighted by Gasteiger charge is 2.10. The Labute approximate surface area is 90.7 Å². The summed E-state index contributed by atoms with van der Waals surface area (Å²) in [6, 6.07) is 3.89. The lowest BCUT2D eigenvalue weighted by Crippen LogP contribution is -2.02. The van der Waals surface area contributed by atoms with Crippen LogP contribution in [0.2, 0.25) is 0 Å². The fourth-order valence-electron chi connectivity index (χ4n) is 1.24. The van der Waals surface area contributed by atoms with Crippen LogP contribution >= 0.6 is 0 Å².